The molecule has 0 spiro atoms. The Morgan fingerprint density at radius 3 is 2.75 bits per heavy atom. The second kappa shape index (κ2) is 6.95. The molecule has 1 heterocycles. The summed E-state index contributed by atoms with van der Waals surface area (Å²) in [4.78, 5) is 24.7. The molecule has 2 amide bonds. The normalized spacial score (nSPS) is 30.9. The highest BCUT2D eigenvalue weighted by molar-refractivity contribution is 5.75. The summed E-state index contributed by atoms with van der Waals surface area (Å²) in [6, 6.07) is 0.295. The summed E-state index contributed by atoms with van der Waals surface area (Å²) in [5.41, 5.74) is 0. The number of hydrogen-bond acceptors (Lipinski definition) is 2. The van der Waals surface area contributed by atoms with Gasteiger partial charge in [-0.2, -0.15) is 0 Å². The molecule has 1 aliphatic carbocycles. The maximum Gasteiger partial charge on any atom is 0.317 e. The Hall–Kier alpha value is -1.26. The molecule has 114 valence electrons. The molecule has 2 N–H and O–H groups in total. The van der Waals surface area contributed by atoms with Crippen LogP contribution < -0.4 is 5.32 Å². The Labute approximate surface area is 120 Å². The number of aliphatic carboxylic acids is 1. The van der Waals surface area contributed by atoms with E-state index < -0.39 is 5.97 Å². The van der Waals surface area contributed by atoms with E-state index in [1.165, 1.54) is 19.3 Å². The molecule has 2 aliphatic rings. The largest absolute Gasteiger partial charge is 0.481 e. The zero-order valence-electron chi connectivity index (χ0n) is 12.3. The van der Waals surface area contributed by atoms with E-state index in [4.69, 9.17) is 5.11 Å². The topological polar surface area (TPSA) is 69.6 Å². The highest BCUT2D eigenvalue weighted by atomic mass is 16.4. The Kier molecular flexibility index (Phi) is 5.26. The summed E-state index contributed by atoms with van der Waals surface area (Å²) in [6.07, 6.45) is 6.75. The fraction of sp³-hybridized carbons (Fsp3) is 0.867. The van der Waals surface area contributed by atoms with E-state index in [2.05, 4.69) is 12.2 Å². The number of carboxylic acids is 1. The van der Waals surface area contributed by atoms with Gasteiger partial charge in [-0.05, 0) is 37.5 Å². The lowest BCUT2D eigenvalue weighted by atomic mass is 10.0. The maximum atomic E-state index is 12.2. The van der Waals surface area contributed by atoms with Crippen molar-refractivity contribution >= 4 is 12.0 Å². The fourth-order valence-electron chi connectivity index (χ4n) is 3.33. The number of carbonyl (C=O) groups excluding carboxylic acids is 1. The van der Waals surface area contributed by atoms with Crippen molar-refractivity contribution in [1.29, 1.82) is 0 Å². The molecule has 2 fully saturated rings. The van der Waals surface area contributed by atoms with Crippen LogP contribution in [0.1, 0.15) is 51.9 Å². The molecule has 3 unspecified atom stereocenters. The van der Waals surface area contributed by atoms with Crippen LogP contribution in [0.3, 0.4) is 0 Å². The van der Waals surface area contributed by atoms with Crippen LogP contribution in [-0.4, -0.2) is 41.1 Å². The number of carbonyl (C=O) groups is 2. The molecule has 20 heavy (non-hydrogen) atoms. The fourth-order valence-corrected chi connectivity index (χ4v) is 3.33. The van der Waals surface area contributed by atoms with Crippen LogP contribution in [0.25, 0.3) is 0 Å². The minimum Gasteiger partial charge on any atom is -0.481 e. The van der Waals surface area contributed by atoms with Gasteiger partial charge in [-0.25, -0.2) is 4.79 Å². The van der Waals surface area contributed by atoms with Gasteiger partial charge in [-0.1, -0.05) is 19.8 Å². The Morgan fingerprint density at radius 2 is 2.00 bits per heavy atom. The van der Waals surface area contributed by atoms with Crippen molar-refractivity contribution in [3.05, 3.63) is 0 Å². The first-order chi connectivity index (χ1) is 9.54. The summed E-state index contributed by atoms with van der Waals surface area (Å²) in [5, 5.41) is 11.9. The number of likely N-dealkylation sites (tertiary alicyclic amines) is 1. The first kappa shape index (κ1) is 15.1. The molecule has 0 aromatic heterocycles. The van der Waals surface area contributed by atoms with Crippen molar-refractivity contribution in [3.63, 3.8) is 0 Å². The number of carboxylic acid groups (broad SMARTS) is 1. The summed E-state index contributed by atoms with van der Waals surface area (Å²) >= 11 is 0. The minimum atomic E-state index is -0.769. The van der Waals surface area contributed by atoms with Gasteiger partial charge >= 0.3 is 12.0 Å². The highest BCUT2D eigenvalue weighted by Gasteiger charge is 2.29. The molecule has 1 aliphatic heterocycles. The number of amides is 2. The van der Waals surface area contributed by atoms with Crippen molar-refractivity contribution < 1.29 is 14.7 Å². The zero-order valence-corrected chi connectivity index (χ0v) is 12.3. The predicted octanol–water partition coefficient (Wildman–Crippen LogP) is 2.46. The maximum absolute atomic E-state index is 12.2. The van der Waals surface area contributed by atoms with Gasteiger partial charge in [0.1, 0.15) is 0 Å². The molecular weight excluding hydrogens is 256 g/mol. The minimum absolute atomic E-state index is 0.00237. The molecule has 1 saturated heterocycles. The molecular formula is C15H26N2O3. The lowest BCUT2D eigenvalue weighted by Crippen LogP contribution is -2.43. The van der Waals surface area contributed by atoms with Gasteiger partial charge in [-0.15, -0.1) is 0 Å². The van der Waals surface area contributed by atoms with Gasteiger partial charge in [0.15, 0.2) is 0 Å². The number of rotatable bonds is 3. The number of urea groups is 1. The summed E-state index contributed by atoms with van der Waals surface area (Å²) in [7, 11) is 0. The van der Waals surface area contributed by atoms with Crippen LogP contribution in [0.4, 0.5) is 4.79 Å². The molecule has 5 nitrogen and oxygen atoms in total. The summed E-state index contributed by atoms with van der Waals surface area (Å²) < 4.78 is 0. The van der Waals surface area contributed by atoms with Crippen LogP contribution in [0.2, 0.25) is 0 Å². The molecule has 1 saturated carbocycles. The lowest BCUT2D eigenvalue weighted by molar-refractivity contribution is -0.138. The third-order valence-corrected chi connectivity index (χ3v) is 4.62. The van der Waals surface area contributed by atoms with Gasteiger partial charge in [-0.3, -0.25) is 4.79 Å². The van der Waals surface area contributed by atoms with Crippen molar-refractivity contribution in [1.82, 2.24) is 10.2 Å². The highest BCUT2D eigenvalue weighted by Crippen LogP contribution is 2.24. The summed E-state index contributed by atoms with van der Waals surface area (Å²) in [5.74, 6) is 0.117. The van der Waals surface area contributed by atoms with Crippen molar-refractivity contribution in [2.45, 2.75) is 57.9 Å². The van der Waals surface area contributed by atoms with Crippen molar-refractivity contribution in [2.75, 3.05) is 13.1 Å². The zero-order chi connectivity index (χ0) is 14.5. The average molecular weight is 282 g/mol. The van der Waals surface area contributed by atoms with Gasteiger partial charge in [0.05, 0.1) is 0 Å². The molecule has 0 radical (unpaired) electrons. The van der Waals surface area contributed by atoms with E-state index in [0.29, 0.717) is 19.1 Å². The Morgan fingerprint density at radius 1 is 1.20 bits per heavy atom. The van der Waals surface area contributed by atoms with Crippen LogP contribution in [0.15, 0.2) is 0 Å². The van der Waals surface area contributed by atoms with E-state index >= 15 is 0 Å². The van der Waals surface area contributed by atoms with Crippen molar-refractivity contribution in [3.8, 4) is 0 Å². The van der Waals surface area contributed by atoms with E-state index in [9.17, 15) is 9.59 Å². The molecule has 0 bridgehead atoms. The number of nitrogens with zero attached hydrogens (tertiary/aromatic N) is 1. The molecule has 3 atom stereocenters. The Bertz CT molecular complexity index is 359. The van der Waals surface area contributed by atoms with Crippen LogP contribution in [0, 0.1) is 11.8 Å². The monoisotopic (exact) mass is 282 g/mol. The smallest absolute Gasteiger partial charge is 0.317 e. The third kappa shape index (κ3) is 4.39. The van der Waals surface area contributed by atoms with Crippen LogP contribution >= 0.6 is 0 Å². The second-order valence-corrected chi connectivity index (χ2v) is 6.46. The van der Waals surface area contributed by atoms with E-state index in [1.807, 2.05) is 0 Å². The van der Waals surface area contributed by atoms with Crippen LogP contribution in [-0.2, 0) is 4.79 Å². The second-order valence-electron chi connectivity index (χ2n) is 6.46. The van der Waals surface area contributed by atoms with Gasteiger partial charge in [0.2, 0.25) is 0 Å². The lowest BCUT2D eigenvalue weighted by Gasteiger charge is -2.22. The Balaban J connectivity index is 1.76. The first-order valence-electron chi connectivity index (χ1n) is 7.82. The number of nitrogens with one attached hydrogen (secondary N) is 1. The first-order valence-corrected chi connectivity index (χ1v) is 7.82. The van der Waals surface area contributed by atoms with Crippen molar-refractivity contribution in [2.24, 2.45) is 11.8 Å². The van der Waals surface area contributed by atoms with E-state index in [0.717, 1.165) is 25.2 Å². The molecule has 5 heteroatoms. The summed E-state index contributed by atoms with van der Waals surface area (Å²) in [6.45, 7) is 3.55. The predicted molar refractivity (Wildman–Crippen MR) is 76.5 cm³/mol. The average Bonchev–Trinajstić information content (AvgIpc) is 2.74. The molecule has 0 aromatic carbocycles. The van der Waals surface area contributed by atoms with Gasteiger partial charge < -0.3 is 15.3 Å². The van der Waals surface area contributed by atoms with E-state index in [-0.39, 0.29) is 18.4 Å². The quantitative estimate of drug-likeness (QED) is 0.781. The van der Waals surface area contributed by atoms with Gasteiger partial charge in [0, 0.05) is 25.6 Å². The van der Waals surface area contributed by atoms with Gasteiger partial charge in [0.25, 0.3) is 0 Å². The van der Waals surface area contributed by atoms with Crippen LogP contribution in [0.5, 0.6) is 0 Å². The van der Waals surface area contributed by atoms with E-state index in [1.54, 1.807) is 4.90 Å². The third-order valence-electron chi connectivity index (χ3n) is 4.62. The SMILES string of the molecule is CC1CCCC(NC(=O)N2CCC(CC(=O)O)C2)CC1. The molecule has 2 rings (SSSR count). The molecule has 0 aromatic rings. The number of hydrogen-bond donors (Lipinski definition) is 2. The standard InChI is InChI=1S/C15H26N2O3/c1-11-3-2-4-13(6-5-11)16-15(20)17-8-7-12(10-17)9-14(18)19/h11-13H,2-10H2,1H3,(H,16,20)(H,18,19).